The quantitative estimate of drug-likeness (QED) is 0.654. The van der Waals surface area contributed by atoms with Gasteiger partial charge in [-0.15, -0.1) is 0 Å². The van der Waals surface area contributed by atoms with Crippen LogP contribution in [0.3, 0.4) is 0 Å². The van der Waals surface area contributed by atoms with Crippen molar-refractivity contribution in [1.29, 1.82) is 0 Å². The molecular formula is C14H24O5. The van der Waals surface area contributed by atoms with Crippen LogP contribution < -0.4 is 0 Å². The summed E-state index contributed by atoms with van der Waals surface area (Å²) in [5, 5.41) is 18.6. The van der Waals surface area contributed by atoms with Crippen molar-refractivity contribution >= 4 is 5.97 Å². The Hall–Kier alpha value is -0.910. The zero-order valence-electron chi connectivity index (χ0n) is 11.6. The van der Waals surface area contributed by atoms with Crippen LogP contribution >= 0.6 is 0 Å². The molecule has 0 unspecified atom stereocenters. The Balaban J connectivity index is 2.47. The van der Waals surface area contributed by atoms with Crippen LogP contribution in [0.2, 0.25) is 0 Å². The van der Waals surface area contributed by atoms with Crippen molar-refractivity contribution < 1.29 is 24.5 Å². The molecule has 0 aromatic carbocycles. The van der Waals surface area contributed by atoms with Crippen molar-refractivity contribution in [3.05, 3.63) is 12.2 Å². The molecule has 0 radical (unpaired) electrons. The SMILES string of the molecule is COC[C@@H]1[C@@H](C/C=C\CCC(=O)O)[C@@H](O)C[C@H]1OC. The summed E-state index contributed by atoms with van der Waals surface area (Å²) in [4.78, 5) is 10.4. The third-order valence-electron chi connectivity index (χ3n) is 3.76. The molecule has 0 spiro atoms. The summed E-state index contributed by atoms with van der Waals surface area (Å²) in [5.41, 5.74) is 0. The normalized spacial score (nSPS) is 31.1. The lowest BCUT2D eigenvalue weighted by atomic mass is 9.91. The van der Waals surface area contributed by atoms with Crippen molar-refractivity contribution in [2.24, 2.45) is 11.8 Å². The molecule has 0 aromatic rings. The van der Waals surface area contributed by atoms with Crippen LogP contribution in [0.5, 0.6) is 0 Å². The Morgan fingerprint density at radius 3 is 2.63 bits per heavy atom. The highest BCUT2D eigenvalue weighted by atomic mass is 16.5. The number of carbonyl (C=O) groups is 1. The topological polar surface area (TPSA) is 76.0 Å². The average Bonchev–Trinajstić information content (AvgIpc) is 2.66. The van der Waals surface area contributed by atoms with Gasteiger partial charge in [-0.05, 0) is 18.8 Å². The smallest absolute Gasteiger partial charge is 0.303 e. The van der Waals surface area contributed by atoms with Crippen molar-refractivity contribution in [3.63, 3.8) is 0 Å². The Labute approximate surface area is 114 Å². The number of rotatable bonds is 8. The predicted molar refractivity (Wildman–Crippen MR) is 70.9 cm³/mol. The van der Waals surface area contributed by atoms with Gasteiger partial charge in [-0.25, -0.2) is 0 Å². The number of allylic oxidation sites excluding steroid dienone is 2. The molecule has 0 aromatic heterocycles. The monoisotopic (exact) mass is 272 g/mol. The number of carboxylic acid groups (broad SMARTS) is 1. The van der Waals surface area contributed by atoms with Gasteiger partial charge in [0, 0.05) is 33.0 Å². The minimum Gasteiger partial charge on any atom is -0.481 e. The van der Waals surface area contributed by atoms with Gasteiger partial charge in [0.05, 0.1) is 18.8 Å². The zero-order valence-corrected chi connectivity index (χ0v) is 11.6. The van der Waals surface area contributed by atoms with Gasteiger partial charge in [0.15, 0.2) is 0 Å². The fraction of sp³-hybridized carbons (Fsp3) is 0.786. The lowest BCUT2D eigenvalue weighted by Crippen LogP contribution is -2.27. The number of aliphatic carboxylic acids is 1. The van der Waals surface area contributed by atoms with E-state index >= 15 is 0 Å². The second-order valence-electron chi connectivity index (χ2n) is 5.00. The van der Waals surface area contributed by atoms with E-state index in [2.05, 4.69) is 0 Å². The first-order valence-electron chi connectivity index (χ1n) is 6.66. The molecule has 4 atom stereocenters. The number of hydrogen-bond donors (Lipinski definition) is 2. The molecule has 1 rings (SSSR count). The van der Waals surface area contributed by atoms with E-state index < -0.39 is 5.97 Å². The Morgan fingerprint density at radius 2 is 2.05 bits per heavy atom. The van der Waals surface area contributed by atoms with Crippen LogP contribution in [0.4, 0.5) is 0 Å². The van der Waals surface area contributed by atoms with Gasteiger partial charge in [0.1, 0.15) is 0 Å². The molecular weight excluding hydrogens is 248 g/mol. The summed E-state index contributed by atoms with van der Waals surface area (Å²) in [6, 6.07) is 0. The minimum absolute atomic E-state index is 0.0346. The van der Waals surface area contributed by atoms with E-state index in [0.717, 1.165) is 6.42 Å². The molecule has 19 heavy (non-hydrogen) atoms. The third kappa shape index (κ3) is 4.93. The van der Waals surface area contributed by atoms with Crippen molar-refractivity contribution in [3.8, 4) is 0 Å². The van der Waals surface area contributed by atoms with E-state index in [1.807, 2.05) is 12.2 Å². The first-order valence-corrected chi connectivity index (χ1v) is 6.66. The summed E-state index contributed by atoms with van der Waals surface area (Å²) in [6.45, 7) is 0.573. The van der Waals surface area contributed by atoms with Crippen LogP contribution in [-0.2, 0) is 14.3 Å². The maximum absolute atomic E-state index is 10.4. The number of ether oxygens (including phenoxy) is 2. The lowest BCUT2D eigenvalue weighted by Gasteiger charge is -2.23. The van der Waals surface area contributed by atoms with Gasteiger partial charge in [-0.3, -0.25) is 4.79 Å². The summed E-state index contributed by atoms with van der Waals surface area (Å²) in [7, 11) is 3.31. The number of aliphatic hydroxyl groups excluding tert-OH is 1. The van der Waals surface area contributed by atoms with Gasteiger partial charge in [0.2, 0.25) is 0 Å². The summed E-state index contributed by atoms with van der Waals surface area (Å²) < 4.78 is 10.6. The molecule has 5 heteroatoms. The van der Waals surface area contributed by atoms with E-state index in [-0.39, 0.29) is 30.5 Å². The van der Waals surface area contributed by atoms with E-state index in [0.29, 0.717) is 19.4 Å². The molecule has 1 fully saturated rings. The third-order valence-corrected chi connectivity index (χ3v) is 3.76. The summed E-state index contributed by atoms with van der Waals surface area (Å²) >= 11 is 0. The molecule has 5 nitrogen and oxygen atoms in total. The predicted octanol–water partition coefficient (Wildman–Crippen LogP) is 1.46. The van der Waals surface area contributed by atoms with Gasteiger partial charge in [-0.2, -0.15) is 0 Å². The van der Waals surface area contributed by atoms with Crippen LogP contribution in [0.1, 0.15) is 25.7 Å². The molecule has 1 aliphatic rings. The maximum Gasteiger partial charge on any atom is 0.303 e. The highest BCUT2D eigenvalue weighted by Crippen LogP contribution is 2.36. The van der Waals surface area contributed by atoms with Crippen LogP contribution in [-0.4, -0.2) is 49.2 Å². The highest BCUT2D eigenvalue weighted by Gasteiger charge is 2.41. The number of methoxy groups -OCH3 is 2. The van der Waals surface area contributed by atoms with E-state index in [4.69, 9.17) is 14.6 Å². The second-order valence-corrected chi connectivity index (χ2v) is 5.00. The molecule has 110 valence electrons. The van der Waals surface area contributed by atoms with Gasteiger partial charge >= 0.3 is 5.97 Å². The first kappa shape index (κ1) is 16.1. The molecule has 1 saturated carbocycles. The van der Waals surface area contributed by atoms with Crippen LogP contribution in [0.25, 0.3) is 0 Å². The molecule has 0 saturated heterocycles. The molecule has 0 heterocycles. The average molecular weight is 272 g/mol. The van der Waals surface area contributed by atoms with Gasteiger partial charge in [0.25, 0.3) is 0 Å². The highest BCUT2D eigenvalue weighted by molar-refractivity contribution is 5.66. The van der Waals surface area contributed by atoms with E-state index in [1.54, 1.807) is 14.2 Å². The lowest BCUT2D eigenvalue weighted by molar-refractivity contribution is -0.136. The Bertz CT molecular complexity index is 302. The molecule has 0 bridgehead atoms. The summed E-state index contributed by atoms with van der Waals surface area (Å²) in [5.74, 6) is -0.484. The maximum atomic E-state index is 10.4. The van der Waals surface area contributed by atoms with Crippen molar-refractivity contribution in [2.75, 3.05) is 20.8 Å². The molecule has 1 aliphatic carbocycles. The Kier molecular flexibility index (Phi) is 7.05. The van der Waals surface area contributed by atoms with E-state index in [9.17, 15) is 9.90 Å². The number of hydrogen-bond acceptors (Lipinski definition) is 4. The molecule has 2 N–H and O–H groups in total. The minimum atomic E-state index is -0.790. The number of aliphatic hydroxyl groups is 1. The van der Waals surface area contributed by atoms with Gasteiger partial charge in [-0.1, -0.05) is 12.2 Å². The molecule has 0 aliphatic heterocycles. The van der Waals surface area contributed by atoms with E-state index in [1.165, 1.54) is 0 Å². The fourth-order valence-electron chi connectivity index (χ4n) is 2.75. The van der Waals surface area contributed by atoms with Crippen LogP contribution in [0, 0.1) is 11.8 Å². The van der Waals surface area contributed by atoms with Crippen molar-refractivity contribution in [1.82, 2.24) is 0 Å². The summed E-state index contributed by atoms with van der Waals surface area (Å²) in [6.07, 6.45) is 5.52. The van der Waals surface area contributed by atoms with Gasteiger partial charge < -0.3 is 19.7 Å². The van der Waals surface area contributed by atoms with Crippen LogP contribution in [0.15, 0.2) is 12.2 Å². The number of carboxylic acids is 1. The fourth-order valence-corrected chi connectivity index (χ4v) is 2.75. The second kappa shape index (κ2) is 8.30. The zero-order chi connectivity index (χ0) is 14.3. The standard InChI is InChI=1S/C14H24O5/c1-18-9-11-10(12(15)8-13(11)19-2)6-4-3-5-7-14(16)17/h3-4,10-13,15H,5-9H2,1-2H3,(H,16,17)/b4-3-/t10-,11-,12+,13-/m1/s1. The largest absolute Gasteiger partial charge is 0.481 e. The van der Waals surface area contributed by atoms with Crippen molar-refractivity contribution in [2.45, 2.75) is 37.9 Å². The molecule has 0 amide bonds. The Morgan fingerprint density at radius 1 is 1.32 bits per heavy atom. The first-order chi connectivity index (χ1) is 9.10.